The lowest BCUT2D eigenvalue weighted by atomic mass is 10.2. The minimum absolute atomic E-state index is 0.654. The number of hydrogen-bond acceptors (Lipinski definition) is 3. The zero-order chi connectivity index (χ0) is 13.2. The van der Waals surface area contributed by atoms with Crippen LogP contribution in [0.5, 0.6) is 0 Å². The minimum atomic E-state index is 0.654. The molecular weight excluding hydrogens is 240 g/mol. The van der Waals surface area contributed by atoms with Crippen molar-refractivity contribution in [2.75, 3.05) is 46.4 Å². The normalized spacial score (nSPS) is 36.6. The van der Waals surface area contributed by atoms with E-state index in [0.717, 1.165) is 51.3 Å². The van der Waals surface area contributed by atoms with Crippen LogP contribution in [0, 0.1) is 5.92 Å². The lowest BCUT2D eigenvalue weighted by Crippen LogP contribution is -2.47. The molecule has 108 valence electrons. The van der Waals surface area contributed by atoms with Gasteiger partial charge >= 0.3 is 0 Å². The van der Waals surface area contributed by atoms with Crippen LogP contribution in [0.3, 0.4) is 0 Å². The van der Waals surface area contributed by atoms with Crippen LogP contribution in [-0.2, 0) is 4.74 Å². The molecule has 1 aliphatic carbocycles. The number of guanidine groups is 1. The third kappa shape index (κ3) is 3.03. The summed E-state index contributed by atoms with van der Waals surface area (Å²) < 4.78 is 5.44. The Bertz CT molecular complexity index is 340. The number of likely N-dealkylation sites (tertiary alicyclic amines) is 1. The summed E-state index contributed by atoms with van der Waals surface area (Å²) in [4.78, 5) is 9.45. The first kappa shape index (κ1) is 13.2. The zero-order valence-electron chi connectivity index (χ0n) is 12.1. The van der Waals surface area contributed by atoms with E-state index in [2.05, 4.69) is 27.0 Å². The standard InChI is InChI=1S/C14H26N4O/c1-11-9-13(11)16-14(15-2)18-4-3-12(10-18)17-5-7-19-8-6-17/h11-13H,3-10H2,1-2H3,(H,15,16). The van der Waals surface area contributed by atoms with Crippen molar-refractivity contribution in [2.24, 2.45) is 10.9 Å². The highest BCUT2D eigenvalue weighted by Crippen LogP contribution is 2.29. The van der Waals surface area contributed by atoms with Gasteiger partial charge in [0.2, 0.25) is 0 Å². The van der Waals surface area contributed by atoms with E-state index in [9.17, 15) is 0 Å². The van der Waals surface area contributed by atoms with Crippen molar-refractivity contribution in [3.63, 3.8) is 0 Å². The average molecular weight is 266 g/mol. The van der Waals surface area contributed by atoms with Gasteiger partial charge in [-0.1, -0.05) is 6.92 Å². The zero-order valence-corrected chi connectivity index (χ0v) is 12.1. The Morgan fingerprint density at radius 3 is 2.63 bits per heavy atom. The SMILES string of the molecule is CN=C(NC1CC1C)N1CCC(N2CCOCC2)C1. The highest BCUT2D eigenvalue weighted by molar-refractivity contribution is 5.80. The van der Waals surface area contributed by atoms with E-state index in [1.54, 1.807) is 0 Å². The molecule has 3 unspecified atom stereocenters. The Morgan fingerprint density at radius 2 is 2.00 bits per heavy atom. The second-order valence-electron chi connectivity index (χ2n) is 6.05. The fourth-order valence-corrected chi connectivity index (χ4v) is 3.16. The van der Waals surface area contributed by atoms with Crippen molar-refractivity contribution in [1.29, 1.82) is 0 Å². The summed E-state index contributed by atoms with van der Waals surface area (Å²) in [5.74, 6) is 1.92. The fourth-order valence-electron chi connectivity index (χ4n) is 3.16. The van der Waals surface area contributed by atoms with Crippen molar-refractivity contribution in [2.45, 2.75) is 31.8 Å². The van der Waals surface area contributed by atoms with Crippen LogP contribution in [0.2, 0.25) is 0 Å². The molecule has 5 nitrogen and oxygen atoms in total. The maximum absolute atomic E-state index is 5.44. The van der Waals surface area contributed by atoms with Gasteiger partial charge in [-0.05, 0) is 18.8 Å². The number of aliphatic imine (C=N–C) groups is 1. The molecule has 0 radical (unpaired) electrons. The highest BCUT2D eigenvalue weighted by Gasteiger charge is 2.36. The fraction of sp³-hybridized carbons (Fsp3) is 0.929. The smallest absolute Gasteiger partial charge is 0.193 e. The van der Waals surface area contributed by atoms with E-state index >= 15 is 0 Å². The van der Waals surface area contributed by atoms with Gasteiger partial charge in [0.25, 0.3) is 0 Å². The van der Waals surface area contributed by atoms with Gasteiger partial charge in [-0.25, -0.2) is 0 Å². The predicted molar refractivity (Wildman–Crippen MR) is 76.4 cm³/mol. The largest absolute Gasteiger partial charge is 0.379 e. The van der Waals surface area contributed by atoms with Crippen LogP contribution >= 0.6 is 0 Å². The van der Waals surface area contributed by atoms with Gasteiger partial charge in [0.1, 0.15) is 0 Å². The molecule has 0 spiro atoms. The van der Waals surface area contributed by atoms with E-state index in [1.165, 1.54) is 12.8 Å². The van der Waals surface area contributed by atoms with E-state index in [-0.39, 0.29) is 0 Å². The van der Waals surface area contributed by atoms with Crippen molar-refractivity contribution in [3.05, 3.63) is 0 Å². The first-order valence-corrected chi connectivity index (χ1v) is 7.58. The number of morpholine rings is 1. The molecule has 0 amide bonds. The molecule has 3 rings (SSSR count). The predicted octanol–water partition coefficient (Wildman–Crippen LogP) is 0.377. The van der Waals surface area contributed by atoms with Gasteiger partial charge in [-0.15, -0.1) is 0 Å². The summed E-state index contributed by atoms with van der Waals surface area (Å²) in [6, 6.07) is 1.33. The maximum atomic E-state index is 5.44. The van der Waals surface area contributed by atoms with E-state index in [0.29, 0.717) is 12.1 Å². The molecular formula is C14H26N4O. The lowest BCUT2D eigenvalue weighted by molar-refractivity contribution is 0.0195. The Morgan fingerprint density at radius 1 is 1.26 bits per heavy atom. The minimum Gasteiger partial charge on any atom is -0.379 e. The van der Waals surface area contributed by atoms with Crippen molar-refractivity contribution < 1.29 is 4.74 Å². The van der Waals surface area contributed by atoms with Crippen LogP contribution in [0.25, 0.3) is 0 Å². The molecule has 0 aromatic carbocycles. The molecule has 0 bridgehead atoms. The Kier molecular flexibility index (Phi) is 3.93. The van der Waals surface area contributed by atoms with Gasteiger partial charge in [0.15, 0.2) is 5.96 Å². The third-order valence-corrected chi connectivity index (χ3v) is 4.66. The second kappa shape index (κ2) is 5.67. The third-order valence-electron chi connectivity index (χ3n) is 4.66. The van der Waals surface area contributed by atoms with Crippen molar-refractivity contribution in [3.8, 4) is 0 Å². The molecule has 3 aliphatic rings. The Hall–Kier alpha value is -0.810. The number of rotatable bonds is 2. The molecule has 5 heteroatoms. The van der Waals surface area contributed by atoms with Crippen LogP contribution in [-0.4, -0.2) is 74.3 Å². The van der Waals surface area contributed by atoms with Gasteiger partial charge in [0, 0.05) is 45.3 Å². The Balaban J connectivity index is 1.52. The lowest BCUT2D eigenvalue weighted by Gasteiger charge is -2.32. The number of nitrogens with zero attached hydrogens (tertiary/aromatic N) is 3. The molecule has 2 heterocycles. The van der Waals surface area contributed by atoms with E-state index in [4.69, 9.17) is 4.74 Å². The molecule has 1 N–H and O–H groups in total. The summed E-state index contributed by atoms with van der Waals surface area (Å²) >= 11 is 0. The number of hydrogen-bond donors (Lipinski definition) is 1. The van der Waals surface area contributed by atoms with Crippen LogP contribution in [0.15, 0.2) is 4.99 Å². The first-order chi connectivity index (χ1) is 9.28. The average Bonchev–Trinajstić information content (AvgIpc) is 2.94. The van der Waals surface area contributed by atoms with Crippen LogP contribution < -0.4 is 5.32 Å². The van der Waals surface area contributed by atoms with Gasteiger partial charge in [-0.2, -0.15) is 0 Å². The summed E-state index contributed by atoms with van der Waals surface area (Å²) in [5.41, 5.74) is 0. The van der Waals surface area contributed by atoms with Gasteiger partial charge in [0.05, 0.1) is 13.2 Å². The number of ether oxygens (including phenoxy) is 1. The van der Waals surface area contributed by atoms with Crippen molar-refractivity contribution >= 4 is 5.96 Å². The molecule has 0 aromatic heterocycles. The molecule has 1 saturated carbocycles. The van der Waals surface area contributed by atoms with E-state index in [1.807, 2.05) is 7.05 Å². The monoisotopic (exact) mass is 266 g/mol. The second-order valence-corrected chi connectivity index (χ2v) is 6.05. The molecule has 2 saturated heterocycles. The molecule has 0 aromatic rings. The highest BCUT2D eigenvalue weighted by atomic mass is 16.5. The molecule has 19 heavy (non-hydrogen) atoms. The maximum Gasteiger partial charge on any atom is 0.193 e. The van der Waals surface area contributed by atoms with Crippen LogP contribution in [0.1, 0.15) is 19.8 Å². The molecule has 2 aliphatic heterocycles. The van der Waals surface area contributed by atoms with E-state index < -0.39 is 0 Å². The Labute approximate surface area is 116 Å². The summed E-state index contributed by atoms with van der Waals surface area (Å²) in [6.07, 6.45) is 2.54. The summed E-state index contributed by atoms with van der Waals surface area (Å²) in [7, 11) is 1.90. The van der Waals surface area contributed by atoms with Crippen molar-refractivity contribution in [1.82, 2.24) is 15.1 Å². The number of nitrogens with one attached hydrogen (secondary N) is 1. The summed E-state index contributed by atoms with van der Waals surface area (Å²) in [5, 5.41) is 3.59. The topological polar surface area (TPSA) is 40.1 Å². The van der Waals surface area contributed by atoms with Crippen LogP contribution in [0.4, 0.5) is 0 Å². The van der Waals surface area contributed by atoms with Gasteiger partial charge < -0.3 is 15.0 Å². The first-order valence-electron chi connectivity index (χ1n) is 7.58. The quantitative estimate of drug-likeness (QED) is 0.579. The van der Waals surface area contributed by atoms with Gasteiger partial charge in [-0.3, -0.25) is 9.89 Å². The summed E-state index contributed by atoms with van der Waals surface area (Å²) in [6.45, 7) is 8.50. The molecule has 3 fully saturated rings. The molecule has 3 atom stereocenters.